The van der Waals surface area contributed by atoms with Gasteiger partial charge in [-0.2, -0.15) is 4.98 Å². The van der Waals surface area contributed by atoms with Crippen molar-refractivity contribution in [1.29, 1.82) is 0 Å². The number of carbonyl (C=O) groups excluding carboxylic acids is 1. The standard InChI is InChI=1S/C24H25N9O/c1-32-21-14-26-24(27-16-9-10-18-19(12-16)30-31-29-18)28-22(21)33(17-7-2-3-8-17)20(23(32)34)13-15-6-4-5-11-25-15/h4-6,9-12,14,17,20H,2-3,7-8,13H2,1H3,(H,26,27,28)(H,29,30,31)/t20-/m1/s1. The van der Waals surface area contributed by atoms with Crippen LogP contribution in [-0.4, -0.2) is 55.4 Å². The van der Waals surface area contributed by atoms with Crippen molar-refractivity contribution >= 4 is 40.1 Å². The first-order chi connectivity index (χ1) is 16.7. The Hall–Kier alpha value is -4.08. The first-order valence-corrected chi connectivity index (χ1v) is 11.6. The van der Waals surface area contributed by atoms with Gasteiger partial charge in [-0.05, 0) is 43.2 Å². The molecule has 0 bridgehead atoms. The van der Waals surface area contributed by atoms with Gasteiger partial charge in [-0.15, -0.1) is 5.10 Å². The molecule has 0 radical (unpaired) electrons. The Kier molecular flexibility index (Phi) is 5.05. The number of benzene rings is 1. The van der Waals surface area contributed by atoms with Crippen molar-refractivity contribution in [2.75, 3.05) is 22.2 Å². The van der Waals surface area contributed by atoms with Crippen LogP contribution in [0.2, 0.25) is 0 Å². The number of carbonyl (C=O) groups is 1. The number of pyridine rings is 1. The predicted octanol–water partition coefficient (Wildman–Crippen LogP) is 3.22. The van der Waals surface area contributed by atoms with Gasteiger partial charge in [0.15, 0.2) is 5.82 Å². The van der Waals surface area contributed by atoms with Crippen molar-refractivity contribution in [2.45, 2.75) is 44.2 Å². The Morgan fingerprint density at radius 2 is 2.03 bits per heavy atom. The Morgan fingerprint density at radius 3 is 2.85 bits per heavy atom. The summed E-state index contributed by atoms with van der Waals surface area (Å²) in [6.45, 7) is 0. The van der Waals surface area contributed by atoms with E-state index < -0.39 is 0 Å². The van der Waals surface area contributed by atoms with Crippen molar-refractivity contribution in [3.8, 4) is 0 Å². The maximum Gasteiger partial charge on any atom is 0.250 e. The molecule has 4 aromatic rings. The van der Waals surface area contributed by atoms with Gasteiger partial charge in [-0.1, -0.05) is 24.1 Å². The highest BCUT2D eigenvalue weighted by atomic mass is 16.2. The number of anilines is 4. The molecule has 10 heteroatoms. The zero-order chi connectivity index (χ0) is 23.1. The number of H-pyrrole nitrogens is 1. The first kappa shape index (κ1) is 20.5. The minimum Gasteiger partial charge on any atom is -0.339 e. The maximum absolute atomic E-state index is 13.5. The summed E-state index contributed by atoms with van der Waals surface area (Å²) in [5, 5.41) is 14.1. The number of aromatic amines is 1. The van der Waals surface area contributed by atoms with E-state index >= 15 is 0 Å². The van der Waals surface area contributed by atoms with E-state index in [2.05, 4.69) is 35.6 Å². The summed E-state index contributed by atoms with van der Waals surface area (Å²) in [4.78, 5) is 31.3. The molecule has 0 spiro atoms. The van der Waals surface area contributed by atoms with Gasteiger partial charge in [0.2, 0.25) is 11.9 Å². The lowest BCUT2D eigenvalue weighted by atomic mass is 10.0. The third-order valence-corrected chi connectivity index (χ3v) is 6.74. The number of amides is 1. The third kappa shape index (κ3) is 3.60. The Morgan fingerprint density at radius 1 is 1.15 bits per heavy atom. The summed E-state index contributed by atoms with van der Waals surface area (Å²) < 4.78 is 0. The molecule has 2 N–H and O–H groups in total. The van der Waals surface area contributed by atoms with E-state index in [0.717, 1.165) is 59.6 Å². The van der Waals surface area contributed by atoms with Gasteiger partial charge in [0.1, 0.15) is 17.2 Å². The quantitative estimate of drug-likeness (QED) is 0.471. The zero-order valence-corrected chi connectivity index (χ0v) is 18.8. The Bertz CT molecular complexity index is 1330. The van der Waals surface area contributed by atoms with Crippen LogP contribution in [0.5, 0.6) is 0 Å². The van der Waals surface area contributed by atoms with E-state index in [1.54, 1.807) is 24.3 Å². The predicted molar refractivity (Wildman–Crippen MR) is 129 cm³/mol. The smallest absolute Gasteiger partial charge is 0.250 e. The summed E-state index contributed by atoms with van der Waals surface area (Å²) in [6, 6.07) is 11.5. The molecule has 1 aliphatic carbocycles. The van der Waals surface area contributed by atoms with Crippen molar-refractivity contribution < 1.29 is 4.79 Å². The van der Waals surface area contributed by atoms with E-state index in [1.165, 1.54) is 0 Å². The van der Waals surface area contributed by atoms with Crippen LogP contribution in [-0.2, 0) is 11.2 Å². The summed E-state index contributed by atoms with van der Waals surface area (Å²) in [5.41, 5.74) is 4.07. The molecule has 34 heavy (non-hydrogen) atoms. The van der Waals surface area contributed by atoms with Crippen molar-refractivity contribution in [2.24, 2.45) is 0 Å². The second-order valence-corrected chi connectivity index (χ2v) is 8.85. The molecule has 3 aromatic heterocycles. The first-order valence-electron chi connectivity index (χ1n) is 11.6. The highest BCUT2D eigenvalue weighted by Gasteiger charge is 2.42. The topological polar surface area (TPSA) is 116 Å². The van der Waals surface area contributed by atoms with E-state index in [-0.39, 0.29) is 18.0 Å². The van der Waals surface area contributed by atoms with Gasteiger partial charge in [-0.25, -0.2) is 4.98 Å². The van der Waals surface area contributed by atoms with Crippen LogP contribution in [0.4, 0.5) is 23.1 Å². The molecule has 172 valence electrons. The number of nitrogens with zero attached hydrogens (tertiary/aromatic N) is 7. The van der Waals surface area contributed by atoms with Crippen LogP contribution in [0.3, 0.4) is 0 Å². The molecular weight excluding hydrogens is 430 g/mol. The van der Waals surface area contributed by atoms with Crippen LogP contribution in [0.1, 0.15) is 31.4 Å². The Labute approximate surface area is 196 Å². The number of hydrogen-bond acceptors (Lipinski definition) is 8. The lowest BCUT2D eigenvalue weighted by Crippen LogP contribution is -2.57. The lowest BCUT2D eigenvalue weighted by Gasteiger charge is -2.43. The average Bonchev–Trinajstić information content (AvgIpc) is 3.55. The Balaban J connectivity index is 1.38. The second kappa shape index (κ2) is 8.36. The van der Waals surface area contributed by atoms with E-state index in [1.807, 2.05) is 36.4 Å². The highest BCUT2D eigenvalue weighted by Crippen LogP contribution is 2.40. The number of fused-ring (bicyclic) bond motifs is 2. The summed E-state index contributed by atoms with van der Waals surface area (Å²) >= 11 is 0. The fraction of sp³-hybridized carbons (Fsp3) is 0.333. The lowest BCUT2D eigenvalue weighted by molar-refractivity contribution is -0.120. The molecule has 6 rings (SSSR count). The van der Waals surface area contributed by atoms with Crippen LogP contribution < -0.4 is 15.1 Å². The molecule has 1 amide bonds. The number of rotatable bonds is 5. The molecule has 1 aromatic carbocycles. The minimum absolute atomic E-state index is 0.0471. The average molecular weight is 456 g/mol. The fourth-order valence-electron chi connectivity index (χ4n) is 5.02. The molecule has 10 nitrogen and oxygen atoms in total. The van der Waals surface area contributed by atoms with E-state index in [4.69, 9.17) is 4.98 Å². The molecule has 1 fully saturated rings. The maximum atomic E-state index is 13.5. The van der Waals surface area contributed by atoms with Crippen LogP contribution in [0.25, 0.3) is 11.0 Å². The minimum atomic E-state index is -0.357. The van der Waals surface area contributed by atoms with Gasteiger partial charge in [0.05, 0.1) is 11.7 Å². The monoisotopic (exact) mass is 455 g/mol. The molecule has 1 atom stereocenters. The molecule has 2 aliphatic rings. The van der Waals surface area contributed by atoms with Crippen molar-refractivity contribution in [1.82, 2.24) is 30.4 Å². The van der Waals surface area contributed by atoms with Crippen LogP contribution in [0.15, 0.2) is 48.8 Å². The SMILES string of the molecule is CN1C(=O)[C@@H](Cc2ccccn2)N(C2CCCC2)c2nc(Nc3ccc4[nH]nnc4c3)ncc21. The van der Waals surface area contributed by atoms with Gasteiger partial charge >= 0.3 is 0 Å². The highest BCUT2D eigenvalue weighted by molar-refractivity contribution is 6.04. The van der Waals surface area contributed by atoms with Gasteiger partial charge in [0, 0.05) is 37.1 Å². The zero-order valence-electron chi connectivity index (χ0n) is 18.8. The van der Waals surface area contributed by atoms with Gasteiger partial charge in [-0.3, -0.25) is 14.9 Å². The van der Waals surface area contributed by atoms with Crippen LogP contribution >= 0.6 is 0 Å². The van der Waals surface area contributed by atoms with Crippen LogP contribution in [0, 0.1) is 0 Å². The summed E-state index contributed by atoms with van der Waals surface area (Å²) in [6.07, 6.45) is 8.45. The summed E-state index contributed by atoms with van der Waals surface area (Å²) in [5.74, 6) is 1.31. The second-order valence-electron chi connectivity index (χ2n) is 8.85. The molecular formula is C24H25N9O. The number of likely N-dealkylation sites (N-methyl/N-ethyl adjacent to an activating group) is 1. The molecule has 0 saturated heterocycles. The van der Waals surface area contributed by atoms with Crippen molar-refractivity contribution in [3.63, 3.8) is 0 Å². The third-order valence-electron chi connectivity index (χ3n) is 6.74. The van der Waals surface area contributed by atoms with E-state index in [0.29, 0.717) is 12.4 Å². The fourth-order valence-corrected chi connectivity index (χ4v) is 5.02. The van der Waals surface area contributed by atoms with Gasteiger partial charge < -0.3 is 15.1 Å². The molecule has 4 heterocycles. The number of aromatic nitrogens is 6. The number of hydrogen-bond donors (Lipinski definition) is 2. The summed E-state index contributed by atoms with van der Waals surface area (Å²) in [7, 11) is 1.80. The molecule has 1 saturated carbocycles. The van der Waals surface area contributed by atoms with Crippen molar-refractivity contribution in [3.05, 3.63) is 54.5 Å². The number of nitrogens with one attached hydrogen (secondary N) is 2. The largest absolute Gasteiger partial charge is 0.339 e. The molecule has 1 aliphatic heterocycles. The normalized spacial score (nSPS) is 18.5. The van der Waals surface area contributed by atoms with E-state index in [9.17, 15) is 4.79 Å². The van der Waals surface area contributed by atoms with Gasteiger partial charge in [0.25, 0.3) is 0 Å². The molecule has 0 unspecified atom stereocenters.